The highest BCUT2D eigenvalue weighted by molar-refractivity contribution is 6.40. The largest absolute Gasteiger partial charge is 0.458 e. The molecule has 1 aliphatic rings. The summed E-state index contributed by atoms with van der Waals surface area (Å²) in [6.07, 6.45) is 0. The van der Waals surface area contributed by atoms with Crippen molar-refractivity contribution in [2.24, 2.45) is 0 Å². The van der Waals surface area contributed by atoms with Crippen molar-refractivity contribution in [3.63, 3.8) is 0 Å². The molecule has 0 unspecified atom stereocenters. The van der Waals surface area contributed by atoms with Crippen LogP contribution in [0.2, 0.25) is 0 Å². The van der Waals surface area contributed by atoms with Crippen LogP contribution in [0.5, 0.6) is 0 Å². The van der Waals surface area contributed by atoms with Crippen molar-refractivity contribution in [3.05, 3.63) is 35.9 Å². The molecule has 0 radical (unpaired) electrons. The molecule has 0 aromatic heterocycles. The SMILES string of the molecule is CN1CCN(CC(=O)NCNCCOC(=O)C(=O)c2ccccc2)CC1. The average Bonchev–Trinajstić information content (AvgIpc) is 2.66. The molecule has 0 spiro atoms. The van der Waals surface area contributed by atoms with Gasteiger partial charge in [-0.2, -0.15) is 0 Å². The summed E-state index contributed by atoms with van der Waals surface area (Å²) in [6, 6.07) is 8.28. The lowest BCUT2D eigenvalue weighted by atomic mass is 10.1. The molecule has 1 fully saturated rings. The summed E-state index contributed by atoms with van der Waals surface area (Å²) >= 11 is 0. The first-order valence-corrected chi connectivity index (χ1v) is 8.71. The maximum absolute atomic E-state index is 11.8. The molecule has 8 nitrogen and oxygen atoms in total. The molecule has 26 heavy (non-hydrogen) atoms. The molecule has 2 N–H and O–H groups in total. The molecule has 1 aliphatic heterocycles. The average molecular weight is 362 g/mol. The number of carbonyl (C=O) groups excluding carboxylic acids is 3. The fourth-order valence-electron chi connectivity index (χ4n) is 2.50. The highest BCUT2D eigenvalue weighted by Gasteiger charge is 2.17. The van der Waals surface area contributed by atoms with Gasteiger partial charge in [0.05, 0.1) is 13.2 Å². The summed E-state index contributed by atoms with van der Waals surface area (Å²) in [7, 11) is 2.07. The van der Waals surface area contributed by atoms with E-state index in [4.69, 9.17) is 4.74 Å². The Bertz CT molecular complexity index is 600. The van der Waals surface area contributed by atoms with Gasteiger partial charge in [-0.1, -0.05) is 30.3 Å². The fourth-order valence-corrected chi connectivity index (χ4v) is 2.50. The van der Waals surface area contributed by atoms with E-state index in [9.17, 15) is 14.4 Å². The van der Waals surface area contributed by atoms with Crippen molar-refractivity contribution in [2.75, 3.05) is 59.6 Å². The Morgan fingerprint density at radius 2 is 1.77 bits per heavy atom. The summed E-state index contributed by atoms with van der Waals surface area (Å²) in [5.41, 5.74) is 0.307. The molecule has 142 valence electrons. The van der Waals surface area contributed by atoms with Crippen LogP contribution in [-0.2, 0) is 14.3 Å². The van der Waals surface area contributed by atoms with Crippen LogP contribution >= 0.6 is 0 Å². The Kier molecular flexibility index (Phi) is 8.20. The first-order valence-electron chi connectivity index (χ1n) is 8.71. The van der Waals surface area contributed by atoms with Crippen LogP contribution in [0, 0.1) is 0 Å². The topological polar surface area (TPSA) is 91.0 Å². The number of esters is 1. The zero-order chi connectivity index (χ0) is 18.8. The van der Waals surface area contributed by atoms with Gasteiger partial charge in [-0.15, -0.1) is 0 Å². The number of ketones is 1. The lowest BCUT2D eigenvalue weighted by Gasteiger charge is -2.31. The summed E-state index contributed by atoms with van der Waals surface area (Å²) in [4.78, 5) is 39.7. The number of hydrogen-bond donors (Lipinski definition) is 2. The van der Waals surface area contributed by atoms with Gasteiger partial charge in [0.2, 0.25) is 5.91 Å². The van der Waals surface area contributed by atoms with Crippen LogP contribution in [-0.4, -0.2) is 87.1 Å². The molecule has 0 aliphatic carbocycles. The molecule has 1 aromatic carbocycles. The third-order valence-electron chi connectivity index (χ3n) is 4.11. The molecule has 1 aromatic rings. The van der Waals surface area contributed by atoms with Crippen LogP contribution in [0.15, 0.2) is 30.3 Å². The molecule has 0 saturated carbocycles. The number of amides is 1. The van der Waals surface area contributed by atoms with Gasteiger partial charge in [0.25, 0.3) is 5.78 Å². The standard InChI is InChI=1S/C18H26N4O4/c1-21-8-10-22(11-9-21)13-16(23)20-14-19-7-12-26-18(25)17(24)15-5-3-2-4-6-15/h2-6,19H,7-14H2,1H3,(H,20,23). The predicted octanol–water partition coefficient (Wildman–Crippen LogP) is -0.677. The Labute approximate surface area is 153 Å². The van der Waals surface area contributed by atoms with Gasteiger partial charge in [0.1, 0.15) is 6.61 Å². The number of piperazine rings is 1. The number of hydrogen-bond acceptors (Lipinski definition) is 7. The molecule has 1 saturated heterocycles. The van der Waals surface area contributed by atoms with Crippen LogP contribution in [0.1, 0.15) is 10.4 Å². The molecule has 0 atom stereocenters. The van der Waals surface area contributed by atoms with Crippen LogP contribution < -0.4 is 10.6 Å². The van der Waals surface area contributed by atoms with Crippen LogP contribution in [0.25, 0.3) is 0 Å². The molecule has 1 amide bonds. The molecular formula is C18H26N4O4. The van der Waals surface area contributed by atoms with Crippen LogP contribution in [0.3, 0.4) is 0 Å². The van der Waals surface area contributed by atoms with Gasteiger partial charge in [-0.3, -0.25) is 19.8 Å². The predicted molar refractivity (Wildman–Crippen MR) is 96.7 cm³/mol. The highest BCUT2D eigenvalue weighted by atomic mass is 16.5. The van der Waals surface area contributed by atoms with E-state index in [0.717, 1.165) is 26.2 Å². The van der Waals surface area contributed by atoms with Crippen molar-refractivity contribution < 1.29 is 19.1 Å². The summed E-state index contributed by atoms with van der Waals surface area (Å²) in [5.74, 6) is -1.58. The Hall–Kier alpha value is -2.29. The molecule has 2 rings (SSSR count). The Morgan fingerprint density at radius 1 is 1.08 bits per heavy atom. The first kappa shape index (κ1) is 20.0. The molecule has 8 heteroatoms. The van der Waals surface area contributed by atoms with Crippen molar-refractivity contribution >= 4 is 17.7 Å². The van der Waals surface area contributed by atoms with E-state index in [0.29, 0.717) is 18.7 Å². The minimum Gasteiger partial charge on any atom is -0.458 e. The number of ether oxygens (including phenoxy) is 1. The van der Waals surface area contributed by atoms with Crippen molar-refractivity contribution in [2.45, 2.75) is 0 Å². The van der Waals surface area contributed by atoms with Crippen LogP contribution in [0.4, 0.5) is 0 Å². The van der Waals surface area contributed by atoms with E-state index in [1.54, 1.807) is 30.3 Å². The lowest BCUT2D eigenvalue weighted by Crippen LogP contribution is -2.49. The monoisotopic (exact) mass is 362 g/mol. The number of rotatable bonds is 9. The number of benzene rings is 1. The zero-order valence-electron chi connectivity index (χ0n) is 15.1. The van der Waals surface area contributed by atoms with Gasteiger partial charge in [-0.05, 0) is 7.05 Å². The first-order chi connectivity index (χ1) is 12.6. The third-order valence-corrected chi connectivity index (χ3v) is 4.11. The maximum atomic E-state index is 11.8. The van der Waals surface area contributed by atoms with Crippen molar-refractivity contribution in [1.29, 1.82) is 0 Å². The van der Waals surface area contributed by atoms with Gasteiger partial charge in [0, 0.05) is 38.3 Å². The quantitative estimate of drug-likeness (QED) is 0.198. The van der Waals surface area contributed by atoms with Crippen molar-refractivity contribution in [3.8, 4) is 0 Å². The second-order valence-corrected chi connectivity index (χ2v) is 6.19. The number of nitrogens with zero attached hydrogens (tertiary/aromatic N) is 2. The fraction of sp³-hybridized carbons (Fsp3) is 0.500. The van der Waals surface area contributed by atoms with E-state index < -0.39 is 11.8 Å². The summed E-state index contributed by atoms with van der Waals surface area (Å²) in [6.45, 7) is 4.81. The summed E-state index contributed by atoms with van der Waals surface area (Å²) < 4.78 is 4.92. The molecular weight excluding hydrogens is 336 g/mol. The second kappa shape index (κ2) is 10.6. The molecule has 1 heterocycles. The van der Waals surface area contributed by atoms with Gasteiger partial charge in [0.15, 0.2) is 0 Å². The van der Waals surface area contributed by atoms with E-state index in [1.165, 1.54) is 0 Å². The Morgan fingerprint density at radius 3 is 2.46 bits per heavy atom. The second-order valence-electron chi connectivity index (χ2n) is 6.19. The van der Waals surface area contributed by atoms with Gasteiger partial charge < -0.3 is 15.0 Å². The molecule has 0 bridgehead atoms. The number of nitrogens with one attached hydrogen (secondary N) is 2. The number of carbonyl (C=O) groups is 3. The lowest BCUT2D eigenvalue weighted by molar-refractivity contribution is -0.138. The van der Waals surface area contributed by atoms with E-state index in [2.05, 4.69) is 27.5 Å². The zero-order valence-corrected chi connectivity index (χ0v) is 15.1. The van der Waals surface area contributed by atoms with E-state index >= 15 is 0 Å². The van der Waals surface area contributed by atoms with Gasteiger partial charge in [-0.25, -0.2) is 4.79 Å². The number of Topliss-reactive ketones (excluding diaryl/α,β-unsaturated/α-hetero) is 1. The minimum absolute atomic E-state index is 0.0432. The smallest absolute Gasteiger partial charge is 0.379 e. The maximum Gasteiger partial charge on any atom is 0.379 e. The summed E-state index contributed by atoms with van der Waals surface area (Å²) in [5, 5.41) is 5.71. The van der Waals surface area contributed by atoms with E-state index in [1.807, 2.05) is 0 Å². The third kappa shape index (κ3) is 6.91. The minimum atomic E-state index is -0.878. The normalized spacial score (nSPS) is 15.4. The van der Waals surface area contributed by atoms with E-state index in [-0.39, 0.29) is 19.2 Å². The number of likely N-dealkylation sites (N-methyl/N-ethyl adjacent to an activating group) is 1. The highest BCUT2D eigenvalue weighted by Crippen LogP contribution is 2.01. The Balaban J connectivity index is 1.52. The van der Waals surface area contributed by atoms with Crippen molar-refractivity contribution in [1.82, 2.24) is 20.4 Å². The van der Waals surface area contributed by atoms with Gasteiger partial charge >= 0.3 is 5.97 Å².